The molecule has 1 aromatic heterocycles. The molecule has 2 heterocycles. The number of aromatic nitrogens is 2. The second kappa shape index (κ2) is 6.92. The first-order valence-electron chi connectivity index (χ1n) is 8.59. The van der Waals surface area contributed by atoms with E-state index in [1.54, 1.807) is 29.2 Å². The van der Waals surface area contributed by atoms with Crippen molar-refractivity contribution >= 4 is 17.5 Å². The quantitative estimate of drug-likeness (QED) is 0.674. The van der Waals surface area contributed by atoms with Crippen molar-refractivity contribution in [1.82, 2.24) is 15.0 Å². The number of rotatable bonds is 3. The molecule has 1 aliphatic rings. The molecule has 4 rings (SSSR count). The molecule has 1 atom stereocenters. The summed E-state index contributed by atoms with van der Waals surface area (Å²) in [4.78, 5) is 19.2. The molecule has 132 valence electrons. The van der Waals surface area contributed by atoms with Gasteiger partial charge in [-0.05, 0) is 44.0 Å². The highest BCUT2D eigenvalue weighted by atomic mass is 35.5. The van der Waals surface area contributed by atoms with Crippen molar-refractivity contribution in [3.8, 4) is 11.4 Å². The Kier molecular flexibility index (Phi) is 4.47. The van der Waals surface area contributed by atoms with Crippen LogP contribution in [-0.2, 0) is 0 Å². The third-order valence-corrected chi connectivity index (χ3v) is 4.89. The van der Waals surface area contributed by atoms with Crippen LogP contribution in [0.2, 0.25) is 5.02 Å². The molecule has 6 heteroatoms. The van der Waals surface area contributed by atoms with Gasteiger partial charge in [-0.2, -0.15) is 4.98 Å². The zero-order chi connectivity index (χ0) is 18.1. The number of carbonyl (C=O) groups is 1. The fraction of sp³-hybridized carbons (Fsp3) is 0.250. The van der Waals surface area contributed by atoms with Crippen LogP contribution in [0.3, 0.4) is 0 Å². The third kappa shape index (κ3) is 3.22. The van der Waals surface area contributed by atoms with Crippen LogP contribution in [0.25, 0.3) is 11.4 Å². The van der Waals surface area contributed by atoms with E-state index >= 15 is 0 Å². The fourth-order valence-electron chi connectivity index (χ4n) is 3.22. The summed E-state index contributed by atoms with van der Waals surface area (Å²) in [6.45, 7) is 2.71. The molecule has 0 spiro atoms. The lowest BCUT2D eigenvalue weighted by molar-refractivity contribution is 0.0710. The zero-order valence-corrected chi connectivity index (χ0v) is 15.1. The van der Waals surface area contributed by atoms with Crippen LogP contribution in [0.5, 0.6) is 0 Å². The molecular formula is C20H18ClN3O2. The molecule has 0 radical (unpaired) electrons. The number of likely N-dealkylation sites (tertiary alicyclic amines) is 1. The van der Waals surface area contributed by atoms with E-state index < -0.39 is 0 Å². The lowest BCUT2D eigenvalue weighted by Gasteiger charge is -2.21. The molecule has 1 fully saturated rings. The molecule has 1 saturated heterocycles. The maximum atomic E-state index is 12.8. The van der Waals surface area contributed by atoms with E-state index in [0.717, 1.165) is 18.4 Å². The van der Waals surface area contributed by atoms with E-state index in [1.807, 2.05) is 31.2 Å². The molecule has 1 amide bonds. The maximum absolute atomic E-state index is 12.8. The molecule has 0 aliphatic carbocycles. The first-order valence-corrected chi connectivity index (χ1v) is 8.97. The van der Waals surface area contributed by atoms with Gasteiger partial charge in [0.15, 0.2) is 0 Å². The van der Waals surface area contributed by atoms with Gasteiger partial charge in [-0.25, -0.2) is 0 Å². The van der Waals surface area contributed by atoms with Crippen LogP contribution in [0.4, 0.5) is 0 Å². The van der Waals surface area contributed by atoms with Gasteiger partial charge in [-0.1, -0.05) is 46.6 Å². The molecule has 26 heavy (non-hydrogen) atoms. The van der Waals surface area contributed by atoms with Gasteiger partial charge in [0.1, 0.15) is 6.04 Å². The predicted octanol–water partition coefficient (Wildman–Crippen LogP) is 4.68. The van der Waals surface area contributed by atoms with Crippen molar-refractivity contribution in [2.75, 3.05) is 6.54 Å². The van der Waals surface area contributed by atoms with Gasteiger partial charge >= 0.3 is 0 Å². The van der Waals surface area contributed by atoms with Crippen molar-refractivity contribution in [1.29, 1.82) is 0 Å². The number of aryl methyl sites for hydroxylation is 1. The number of halogens is 1. The van der Waals surface area contributed by atoms with E-state index in [9.17, 15) is 4.79 Å². The van der Waals surface area contributed by atoms with Crippen LogP contribution in [0.1, 0.15) is 40.7 Å². The van der Waals surface area contributed by atoms with Crippen molar-refractivity contribution in [2.24, 2.45) is 0 Å². The van der Waals surface area contributed by atoms with E-state index in [4.69, 9.17) is 16.1 Å². The Morgan fingerprint density at radius 3 is 2.62 bits per heavy atom. The maximum Gasteiger partial charge on any atom is 0.254 e. The minimum absolute atomic E-state index is 0.0424. The molecule has 0 saturated carbocycles. The summed E-state index contributed by atoms with van der Waals surface area (Å²) in [7, 11) is 0. The SMILES string of the molecule is Cc1ccc(-c2noc([C@H]3CCCN3C(=O)c3ccc(Cl)cc3)n2)cc1. The highest BCUT2D eigenvalue weighted by Gasteiger charge is 2.34. The Morgan fingerprint density at radius 1 is 1.15 bits per heavy atom. The number of amides is 1. The van der Waals surface area contributed by atoms with Crippen molar-refractivity contribution in [3.63, 3.8) is 0 Å². The predicted molar refractivity (Wildman–Crippen MR) is 98.9 cm³/mol. The Hall–Kier alpha value is -2.66. The van der Waals surface area contributed by atoms with Crippen molar-refractivity contribution in [3.05, 3.63) is 70.6 Å². The Balaban J connectivity index is 1.58. The molecule has 2 aromatic carbocycles. The van der Waals surface area contributed by atoms with E-state index in [2.05, 4.69) is 10.1 Å². The summed E-state index contributed by atoms with van der Waals surface area (Å²) < 4.78 is 5.49. The van der Waals surface area contributed by atoms with Crippen molar-refractivity contribution < 1.29 is 9.32 Å². The third-order valence-electron chi connectivity index (χ3n) is 4.64. The summed E-state index contributed by atoms with van der Waals surface area (Å²) in [6.07, 6.45) is 1.72. The lowest BCUT2D eigenvalue weighted by atomic mass is 10.1. The average molecular weight is 368 g/mol. The second-order valence-electron chi connectivity index (χ2n) is 6.49. The summed E-state index contributed by atoms with van der Waals surface area (Å²) in [5.74, 6) is 0.991. The first-order chi connectivity index (χ1) is 12.6. The molecule has 5 nitrogen and oxygen atoms in total. The topological polar surface area (TPSA) is 59.2 Å². The largest absolute Gasteiger partial charge is 0.337 e. The van der Waals surface area contributed by atoms with Gasteiger partial charge in [0.05, 0.1) is 0 Å². The molecule has 1 aliphatic heterocycles. The molecule has 0 unspecified atom stereocenters. The fourth-order valence-corrected chi connectivity index (χ4v) is 3.34. The van der Waals surface area contributed by atoms with Gasteiger partial charge in [-0.15, -0.1) is 0 Å². The summed E-state index contributed by atoms with van der Waals surface area (Å²) in [6, 6.07) is 14.7. The van der Waals surface area contributed by atoms with Gasteiger partial charge in [0, 0.05) is 22.7 Å². The number of carbonyl (C=O) groups excluding carboxylic acids is 1. The molecule has 0 bridgehead atoms. The summed E-state index contributed by atoms with van der Waals surface area (Å²) in [5.41, 5.74) is 2.69. The number of benzene rings is 2. The van der Waals surface area contributed by atoms with E-state index in [0.29, 0.717) is 28.8 Å². The average Bonchev–Trinajstić information content (AvgIpc) is 3.31. The minimum atomic E-state index is -0.190. The number of nitrogens with zero attached hydrogens (tertiary/aromatic N) is 3. The van der Waals surface area contributed by atoms with Crippen LogP contribution in [0, 0.1) is 6.92 Å². The Labute approximate surface area is 156 Å². The first kappa shape index (κ1) is 16.8. The highest BCUT2D eigenvalue weighted by Crippen LogP contribution is 2.33. The summed E-state index contributed by atoms with van der Waals surface area (Å²) in [5, 5.41) is 4.71. The molecule has 3 aromatic rings. The van der Waals surface area contributed by atoms with Gasteiger partial charge in [0.25, 0.3) is 5.91 Å². The number of hydrogen-bond acceptors (Lipinski definition) is 4. The van der Waals surface area contributed by atoms with Crippen LogP contribution in [0.15, 0.2) is 53.1 Å². The van der Waals surface area contributed by atoms with E-state index in [1.165, 1.54) is 5.56 Å². The van der Waals surface area contributed by atoms with Crippen molar-refractivity contribution in [2.45, 2.75) is 25.8 Å². The minimum Gasteiger partial charge on any atom is -0.337 e. The standard InChI is InChI=1S/C20H18ClN3O2/c1-13-4-6-14(7-5-13)18-22-19(26-23-18)17-3-2-12-24(17)20(25)15-8-10-16(21)11-9-15/h4-11,17H,2-3,12H2,1H3/t17-/m1/s1. The normalized spacial score (nSPS) is 16.8. The molecular weight excluding hydrogens is 350 g/mol. The lowest BCUT2D eigenvalue weighted by Crippen LogP contribution is -2.30. The van der Waals surface area contributed by atoms with E-state index in [-0.39, 0.29) is 11.9 Å². The van der Waals surface area contributed by atoms with Crippen LogP contribution < -0.4 is 0 Å². The smallest absolute Gasteiger partial charge is 0.254 e. The Bertz CT molecular complexity index is 919. The van der Waals surface area contributed by atoms with Crippen LogP contribution in [-0.4, -0.2) is 27.5 Å². The van der Waals surface area contributed by atoms with Gasteiger partial charge < -0.3 is 9.42 Å². The van der Waals surface area contributed by atoms with Crippen LogP contribution >= 0.6 is 11.6 Å². The monoisotopic (exact) mass is 367 g/mol. The van der Waals surface area contributed by atoms with Gasteiger partial charge in [0.2, 0.25) is 11.7 Å². The second-order valence-corrected chi connectivity index (χ2v) is 6.92. The van der Waals surface area contributed by atoms with Gasteiger partial charge in [-0.3, -0.25) is 4.79 Å². The number of hydrogen-bond donors (Lipinski definition) is 0. The molecule has 0 N–H and O–H groups in total. The highest BCUT2D eigenvalue weighted by molar-refractivity contribution is 6.30. The Morgan fingerprint density at radius 2 is 1.88 bits per heavy atom. The summed E-state index contributed by atoms with van der Waals surface area (Å²) >= 11 is 5.91. The zero-order valence-electron chi connectivity index (χ0n) is 14.4.